The molecule has 1 N–H and O–H groups in total. The topological polar surface area (TPSA) is 42.7 Å². The lowest BCUT2D eigenvalue weighted by Gasteiger charge is -2.10. The first-order valence-corrected chi connectivity index (χ1v) is 6.89. The zero-order chi connectivity index (χ0) is 13.9. The molecule has 0 saturated heterocycles. The Morgan fingerprint density at radius 3 is 2.80 bits per heavy atom. The number of pyridine rings is 1. The van der Waals surface area contributed by atoms with Gasteiger partial charge in [0.1, 0.15) is 5.82 Å². The van der Waals surface area contributed by atoms with E-state index in [9.17, 15) is 0 Å². The van der Waals surface area contributed by atoms with Crippen molar-refractivity contribution in [2.45, 2.75) is 26.9 Å². The molecular formula is C16H18N4. The lowest BCUT2D eigenvalue weighted by Crippen LogP contribution is -2.08. The molecule has 0 aliphatic heterocycles. The minimum absolute atomic E-state index is 0.703. The van der Waals surface area contributed by atoms with Gasteiger partial charge in [0.2, 0.25) is 0 Å². The summed E-state index contributed by atoms with van der Waals surface area (Å²) in [6.07, 6.45) is 1.81. The van der Waals surface area contributed by atoms with Gasteiger partial charge in [0.25, 0.3) is 0 Å². The number of nitrogens with one attached hydrogen (secondary N) is 1. The standard InChI is InChI=1S/C16H18N4/c1-3-20-15-9-5-4-7-14(15)19-16(20)11-18-13-8-6-10-17-12(13)2/h4-10,18H,3,11H2,1-2H3. The van der Waals surface area contributed by atoms with E-state index in [1.807, 2.05) is 31.3 Å². The summed E-state index contributed by atoms with van der Waals surface area (Å²) in [6.45, 7) is 5.77. The average molecular weight is 266 g/mol. The summed E-state index contributed by atoms with van der Waals surface area (Å²) in [4.78, 5) is 9.00. The van der Waals surface area contributed by atoms with Gasteiger partial charge in [-0.1, -0.05) is 12.1 Å². The molecule has 0 atom stereocenters. The van der Waals surface area contributed by atoms with Gasteiger partial charge in [-0.3, -0.25) is 4.98 Å². The molecule has 2 heterocycles. The molecule has 4 heteroatoms. The van der Waals surface area contributed by atoms with Crippen LogP contribution in [0.15, 0.2) is 42.6 Å². The third kappa shape index (κ3) is 2.25. The smallest absolute Gasteiger partial charge is 0.129 e. The Balaban J connectivity index is 1.89. The highest BCUT2D eigenvalue weighted by Crippen LogP contribution is 2.17. The lowest BCUT2D eigenvalue weighted by atomic mass is 10.3. The lowest BCUT2D eigenvalue weighted by molar-refractivity contribution is 0.728. The summed E-state index contributed by atoms with van der Waals surface area (Å²) < 4.78 is 2.24. The highest BCUT2D eigenvalue weighted by molar-refractivity contribution is 5.76. The minimum Gasteiger partial charge on any atom is -0.376 e. The van der Waals surface area contributed by atoms with Gasteiger partial charge in [-0.25, -0.2) is 4.98 Å². The fourth-order valence-corrected chi connectivity index (χ4v) is 2.46. The van der Waals surface area contributed by atoms with Gasteiger partial charge >= 0.3 is 0 Å². The van der Waals surface area contributed by atoms with Crippen molar-refractivity contribution < 1.29 is 0 Å². The Hall–Kier alpha value is -2.36. The zero-order valence-electron chi connectivity index (χ0n) is 11.8. The van der Waals surface area contributed by atoms with Gasteiger partial charge in [0.05, 0.1) is 29.0 Å². The Labute approximate surface area is 118 Å². The molecule has 102 valence electrons. The van der Waals surface area contributed by atoms with Gasteiger partial charge in [-0.05, 0) is 38.1 Å². The molecule has 0 bridgehead atoms. The van der Waals surface area contributed by atoms with Crippen LogP contribution in [0, 0.1) is 6.92 Å². The molecule has 4 nitrogen and oxygen atoms in total. The van der Waals surface area contributed by atoms with Crippen LogP contribution in [-0.2, 0) is 13.1 Å². The van der Waals surface area contributed by atoms with Crippen LogP contribution in [0.2, 0.25) is 0 Å². The van der Waals surface area contributed by atoms with Crippen LogP contribution in [0.1, 0.15) is 18.4 Å². The summed E-state index contributed by atoms with van der Waals surface area (Å²) in [7, 11) is 0. The number of aryl methyl sites for hydroxylation is 2. The minimum atomic E-state index is 0.703. The molecule has 0 amide bonds. The van der Waals surface area contributed by atoms with Crippen LogP contribution in [0.4, 0.5) is 5.69 Å². The summed E-state index contributed by atoms with van der Waals surface area (Å²) in [6, 6.07) is 12.2. The van der Waals surface area contributed by atoms with Gasteiger partial charge < -0.3 is 9.88 Å². The van der Waals surface area contributed by atoms with Crippen molar-refractivity contribution in [2.24, 2.45) is 0 Å². The number of imidazole rings is 1. The number of rotatable bonds is 4. The Morgan fingerprint density at radius 2 is 2.00 bits per heavy atom. The molecule has 0 aliphatic rings. The highest BCUT2D eigenvalue weighted by Gasteiger charge is 2.09. The maximum absolute atomic E-state index is 4.71. The molecule has 0 aliphatic carbocycles. The van der Waals surface area contributed by atoms with E-state index in [0.717, 1.165) is 29.3 Å². The summed E-state index contributed by atoms with van der Waals surface area (Å²) in [5.41, 5.74) is 4.30. The number of aromatic nitrogens is 3. The first-order chi connectivity index (χ1) is 9.79. The van der Waals surface area contributed by atoms with Crippen LogP contribution in [-0.4, -0.2) is 14.5 Å². The van der Waals surface area contributed by atoms with Crippen LogP contribution in [0.25, 0.3) is 11.0 Å². The quantitative estimate of drug-likeness (QED) is 0.787. The number of hydrogen-bond acceptors (Lipinski definition) is 3. The highest BCUT2D eigenvalue weighted by atomic mass is 15.1. The molecule has 0 fully saturated rings. The second-order valence-electron chi connectivity index (χ2n) is 4.75. The summed E-state index contributed by atoms with van der Waals surface area (Å²) in [5.74, 6) is 1.05. The number of hydrogen-bond donors (Lipinski definition) is 1. The van der Waals surface area contributed by atoms with Crippen LogP contribution < -0.4 is 5.32 Å². The van der Waals surface area contributed by atoms with E-state index in [0.29, 0.717) is 6.54 Å². The number of benzene rings is 1. The number of para-hydroxylation sites is 2. The molecule has 20 heavy (non-hydrogen) atoms. The summed E-state index contributed by atoms with van der Waals surface area (Å²) in [5, 5.41) is 3.42. The van der Waals surface area contributed by atoms with E-state index in [-0.39, 0.29) is 0 Å². The van der Waals surface area contributed by atoms with Crippen molar-refractivity contribution >= 4 is 16.7 Å². The number of fused-ring (bicyclic) bond motifs is 1. The fraction of sp³-hybridized carbons (Fsp3) is 0.250. The van der Waals surface area contributed by atoms with Crippen molar-refractivity contribution in [1.82, 2.24) is 14.5 Å². The maximum Gasteiger partial charge on any atom is 0.129 e. The third-order valence-corrected chi connectivity index (χ3v) is 3.49. The molecular weight excluding hydrogens is 248 g/mol. The molecule has 2 aromatic heterocycles. The van der Waals surface area contributed by atoms with Gasteiger partial charge in [-0.2, -0.15) is 0 Å². The number of anilines is 1. The van der Waals surface area contributed by atoms with Crippen LogP contribution in [0.5, 0.6) is 0 Å². The molecule has 0 saturated carbocycles. The molecule has 0 spiro atoms. The van der Waals surface area contributed by atoms with E-state index >= 15 is 0 Å². The maximum atomic E-state index is 4.71. The molecule has 3 aromatic rings. The molecule has 1 aromatic carbocycles. The monoisotopic (exact) mass is 266 g/mol. The zero-order valence-corrected chi connectivity index (χ0v) is 11.8. The van der Waals surface area contributed by atoms with E-state index in [4.69, 9.17) is 4.98 Å². The molecule has 0 unspecified atom stereocenters. The van der Waals surface area contributed by atoms with Crippen molar-refractivity contribution in [3.8, 4) is 0 Å². The largest absolute Gasteiger partial charge is 0.376 e. The van der Waals surface area contributed by atoms with Crippen molar-refractivity contribution in [2.75, 3.05) is 5.32 Å². The average Bonchev–Trinajstić information content (AvgIpc) is 2.84. The van der Waals surface area contributed by atoms with Crippen LogP contribution >= 0.6 is 0 Å². The number of nitrogens with zero attached hydrogens (tertiary/aromatic N) is 3. The van der Waals surface area contributed by atoms with Gasteiger partial charge in [-0.15, -0.1) is 0 Å². The van der Waals surface area contributed by atoms with Crippen LogP contribution in [0.3, 0.4) is 0 Å². The van der Waals surface area contributed by atoms with Crippen molar-refractivity contribution in [1.29, 1.82) is 0 Å². The normalized spacial score (nSPS) is 10.9. The SMILES string of the molecule is CCn1c(CNc2cccnc2C)nc2ccccc21. The first kappa shape index (κ1) is 12.7. The third-order valence-electron chi connectivity index (χ3n) is 3.49. The Morgan fingerprint density at radius 1 is 1.15 bits per heavy atom. The van der Waals surface area contributed by atoms with E-state index in [1.54, 1.807) is 0 Å². The predicted octanol–water partition coefficient (Wildman–Crippen LogP) is 3.37. The fourth-order valence-electron chi connectivity index (χ4n) is 2.46. The van der Waals surface area contributed by atoms with E-state index in [1.165, 1.54) is 5.52 Å². The van der Waals surface area contributed by atoms with Crippen molar-refractivity contribution in [3.05, 3.63) is 54.1 Å². The van der Waals surface area contributed by atoms with Crippen molar-refractivity contribution in [3.63, 3.8) is 0 Å². The second-order valence-corrected chi connectivity index (χ2v) is 4.75. The van der Waals surface area contributed by atoms with Gasteiger partial charge in [0, 0.05) is 12.7 Å². The predicted molar refractivity (Wildman–Crippen MR) is 81.7 cm³/mol. The Kier molecular flexibility index (Phi) is 3.37. The first-order valence-electron chi connectivity index (χ1n) is 6.89. The van der Waals surface area contributed by atoms with Gasteiger partial charge in [0.15, 0.2) is 0 Å². The Bertz CT molecular complexity index is 730. The summed E-state index contributed by atoms with van der Waals surface area (Å²) >= 11 is 0. The second kappa shape index (κ2) is 5.33. The van der Waals surface area contributed by atoms with E-state index in [2.05, 4.69) is 40.0 Å². The molecule has 0 radical (unpaired) electrons. The van der Waals surface area contributed by atoms with E-state index < -0.39 is 0 Å². The molecule has 3 rings (SSSR count).